The average Bonchev–Trinajstić information content (AvgIpc) is 2.68. The second-order valence-electron chi connectivity index (χ2n) is 3.17. The molecule has 0 aliphatic carbocycles. The summed E-state index contributed by atoms with van der Waals surface area (Å²) in [6.45, 7) is 0. The summed E-state index contributed by atoms with van der Waals surface area (Å²) in [4.78, 5) is 11.8. The van der Waals surface area contributed by atoms with E-state index in [1.54, 1.807) is 0 Å². The van der Waals surface area contributed by atoms with Gasteiger partial charge in [0, 0.05) is 5.56 Å². The highest BCUT2D eigenvalue weighted by molar-refractivity contribution is 6.29. The summed E-state index contributed by atoms with van der Waals surface area (Å²) < 4.78 is 18.1. The molecule has 82 valence electrons. The maximum atomic E-state index is 13.1. The summed E-state index contributed by atoms with van der Waals surface area (Å²) in [5.74, 6) is -1.01. The Hall–Kier alpha value is -1.81. The van der Waals surface area contributed by atoms with E-state index in [4.69, 9.17) is 21.8 Å². The summed E-state index contributed by atoms with van der Waals surface area (Å²) >= 11 is 5.54. The molecule has 1 aromatic heterocycles. The molecule has 0 radical (unpaired) electrons. The molecule has 2 rings (SSSR count). The number of ketones is 1. The van der Waals surface area contributed by atoms with Gasteiger partial charge in [0.1, 0.15) is 5.82 Å². The van der Waals surface area contributed by atoms with E-state index in [1.165, 1.54) is 24.3 Å². The van der Waals surface area contributed by atoms with E-state index in [0.29, 0.717) is 0 Å². The fourth-order valence-corrected chi connectivity index (χ4v) is 1.39. The minimum absolute atomic E-state index is 0.00553. The third-order valence-corrected chi connectivity index (χ3v) is 2.26. The Labute approximate surface area is 95.6 Å². The van der Waals surface area contributed by atoms with Gasteiger partial charge in [-0.05, 0) is 41.9 Å². The quantitative estimate of drug-likeness (QED) is 0.648. The predicted octanol–water partition coefficient (Wildman–Crippen LogP) is 2.89. The molecule has 0 unspecified atom stereocenters. The zero-order chi connectivity index (χ0) is 11.7. The Kier molecular flexibility index (Phi) is 2.66. The van der Waals surface area contributed by atoms with Crippen LogP contribution in [0.3, 0.4) is 0 Å². The highest BCUT2D eigenvalue weighted by Gasteiger charge is 2.14. The molecular weight excluding hydrogens is 233 g/mol. The highest BCUT2D eigenvalue weighted by atomic mass is 35.5. The zero-order valence-corrected chi connectivity index (χ0v) is 8.79. The molecule has 0 fully saturated rings. The molecule has 0 bridgehead atoms. The number of carbonyl (C=O) groups excluding carboxylic acids is 1. The average molecular weight is 240 g/mol. The molecular formula is C11H7ClFNO2. The fraction of sp³-hybridized carbons (Fsp3) is 0. The van der Waals surface area contributed by atoms with Crippen molar-refractivity contribution in [3.63, 3.8) is 0 Å². The van der Waals surface area contributed by atoms with Crippen molar-refractivity contribution in [3.05, 3.63) is 52.7 Å². The highest BCUT2D eigenvalue weighted by Crippen LogP contribution is 2.19. The number of furan rings is 1. The molecule has 1 aromatic carbocycles. The van der Waals surface area contributed by atoms with Crippen LogP contribution in [-0.2, 0) is 0 Å². The molecule has 0 amide bonds. The molecule has 5 heteroatoms. The van der Waals surface area contributed by atoms with Crippen LogP contribution >= 0.6 is 11.6 Å². The first-order chi connectivity index (χ1) is 7.58. The maximum Gasteiger partial charge on any atom is 0.228 e. The van der Waals surface area contributed by atoms with Gasteiger partial charge in [0.15, 0.2) is 11.0 Å². The first kappa shape index (κ1) is 10.7. The number of carbonyl (C=O) groups is 1. The fourth-order valence-electron chi connectivity index (χ4n) is 1.25. The number of nitrogens with two attached hydrogens (primary N) is 1. The van der Waals surface area contributed by atoms with Crippen molar-refractivity contribution in [3.8, 4) is 0 Å². The molecule has 3 nitrogen and oxygen atoms in total. The standard InChI is InChI=1S/C11H7ClFNO2/c12-10-4-3-9(16-10)11(15)6-1-2-8(14)7(13)5-6/h1-5H,14H2. The van der Waals surface area contributed by atoms with E-state index in [-0.39, 0.29) is 22.2 Å². The summed E-state index contributed by atoms with van der Waals surface area (Å²) in [5, 5.41) is 0.110. The molecule has 0 saturated carbocycles. The van der Waals surface area contributed by atoms with Gasteiger partial charge in [-0.15, -0.1) is 0 Å². The Morgan fingerprint density at radius 2 is 2.06 bits per heavy atom. The molecule has 2 aromatic rings. The molecule has 2 N–H and O–H groups in total. The lowest BCUT2D eigenvalue weighted by Gasteiger charge is -2.00. The number of anilines is 1. The summed E-state index contributed by atoms with van der Waals surface area (Å²) in [6.07, 6.45) is 0. The third-order valence-electron chi connectivity index (χ3n) is 2.06. The van der Waals surface area contributed by atoms with Crippen LogP contribution in [0.25, 0.3) is 0 Å². The van der Waals surface area contributed by atoms with Crippen LogP contribution in [0.4, 0.5) is 10.1 Å². The van der Waals surface area contributed by atoms with Crippen LogP contribution in [0.15, 0.2) is 34.7 Å². The van der Waals surface area contributed by atoms with Gasteiger partial charge in [0.05, 0.1) is 5.69 Å². The minimum atomic E-state index is -0.636. The molecule has 0 aliphatic rings. The van der Waals surface area contributed by atoms with Crippen molar-refractivity contribution in [1.29, 1.82) is 0 Å². The summed E-state index contributed by atoms with van der Waals surface area (Å²) in [6, 6.07) is 6.69. The number of hydrogen-bond acceptors (Lipinski definition) is 3. The first-order valence-electron chi connectivity index (χ1n) is 4.43. The van der Waals surface area contributed by atoms with Crippen molar-refractivity contribution < 1.29 is 13.6 Å². The Morgan fingerprint density at radius 1 is 1.31 bits per heavy atom. The van der Waals surface area contributed by atoms with Crippen LogP contribution in [-0.4, -0.2) is 5.78 Å². The molecule has 16 heavy (non-hydrogen) atoms. The van der Waals surface area contributed by atoms with E-state index in [9.17, 15) is 9.18 Å². The number of benzene rings is 1. The second kappa shape index (κ2) is 3.98. The summed E-state index contributed by atoms with van der Waals surface area (Å²) in [7, 11) is 0. The maximum absolute atomic E-state index is 13.1. The van der Waals surface area contributed by atoms with Gasteiger partial charge in [0.2, 0.25) is 5.78 Å². The molecule has 0 spiro atoms. The predicted molar refractivity (Wildman–Crippen MR) is 58.0 cm³/mol. The lowest BCUT2D eigenvalue weighted by Crippen LogP contribution is -2.01. The molecule has 0 atom stereocenters. The van der Waals surface area contributed by atoms with E-state index in [2.05, 4.69) is 0 Å². The smallest absolute Gasteiger partial charge is 0.228 e. The second-order valence-corrected chi connectivity index (χ2v) is 3.54. The van der Waals surface area contributed by atoms with E-state index < -0.39 is 11.6 Å². The number of rotatable bonds is 2. The first-order valence-corrected chi connectivity index (χ1v) is 4.81. The van der Waals surface area contributed by atoms with Crippen molar-refractivity contribution >= 4 is 23.1 Å². The van der Waals surface area contributed by atoms with Gasteiger partial charge < -0.3 is 10.2 Å². The van der Waals surface area contributed by atoms with Crippen LogP contribution in [0.5, 0.6) is 0 Å². The van der Waals surface area contributed by atoms with Gasteiger partial charge in [0.25, 0.3) is 0 Å². The monoisotopic (exact) mass is 239 g/mol. The van der Waals surface area contributed by atoms with Crippen molar-refractivity contribution in [2.24, 2.45) is 0 Å². The van der Waals surface area contributed by atoms with Crippen LogP contribution in [0, 0.1) is 5.82 Å². The van der Waals surface area contributed by atoms with Crippen LogP contribution in [0.2, 0.25) is 5.22 Å². The van der Waals surface area contributed by atoms with Crippen molar-refractivity contribution in [2.45, 2.75) is 0 Å². The van der Waals surface area contributed by atoms with Crippen LogP contribution in [0.1, 0.15) is 16.1 Å². The minimum Gasteiger partial charge on any atom is -0.441 e. The molecule has 0 saturated heterocycles. The molecule has 1 heterocycles. The van der Waals surface area contributed by atoms with Gasteiger partial charge in [-0.1, -0.05) is 0 Å². The lowest BCUT2D eigenvalue weighted by atomic mass is 10.1. The Bertz CT molecular complexity index is 551. The van der Waals surface area contributed by atoms with Gasteiger partial charge in [-0.3, -0.25) is 4.79 Å². The molecule has 0 aliphatic heterocycles. The van der Waals surface area contributed by atoms with Crippen molar-refractivity contribution in [2.75, 3.05) is 5.73 Å². The largest absolute Gasteiger partial charge is 0.441 e. The van der Waals surface area contributed by atoms with E-state index in [1.807, 2.05) is 0 Å². The number of halogens is 2. The SMILES string of the molecule is Nc1ccc(C(=O)c2ccc(Cl)o2)cc1F. The zero-order valence-electron chi connectivity index (χ0n) is 8.04. The number of nitrogen functional groups attached to an aromatic ring is 1. The van der Waals surface area contributed by atoms with Crippen molar-refractivity contribution in [1.82, 2.24) is 0 Å². The topological polar surface area (TPSA) is 56.2 Å². The van der Waals surface area contributed by atoms with E-state index in [0.717, 1.165) is 6.07 Å². The van der Waals surface area contributed by atoms with Crippen LogP contribution < -0.4 is 5.73 Å². The van der Waals surface area contributed by atoms with Gasteiger partial charge in [-0.25, -0.2) is 4.39 Å². The lowest BCUT2D eigenvalue weighted by molar-refractivity contribution is 0.101. The Balaban J connectivity index is 2.38. The normalized spacial score (nSPS) is 10.4. The van der Waals surface area contributed by atoms with Gasteiger partial charge in [-0.2, -0.15) is 0 Å². The Morgan fingerprint density at radius 3 is 2.62 bits per heavy atom. The van der Waals surface area contributed by atoms with Gasteiger partial charge >= 0.3 is 0 Å². The van der Waals surface area contributed by atoms with E-state index >= 15 is 0 Å². The third kappa shape index (κ3) is 1.92. The summed E-state index contributed by atoms with van der Waals surface area (Å²) in [5.41, 5.74) is 5.46. The number of hydrogen-bond donors (Lipinski definition) is 1.